The minimum atomic E-state index is 0.118. The molecule has 0 bridgehead atoms. The Hall–Kier alpha value is -0.870. The van der Waals surface area contributed by atoms with Crippen molar-refractivity contribution in [2.45, 2.75) is 19.9 Å². The lowest BCUT2D eigenvalue weighted by Gasteiger charge is -2.16. The Bertz CT molecular complexity index is 273. The molecular weight excluding hydrogens is 200 g/mol. The minimum absolute atomic E-state index is 0.118. The second-order valence-corrected chi connectivity index (χ2v) is 3.90. The van der Waals surface area contributed by atoms with Gasteiger partial charge in [0.25, 0.3) is 0 Å². The summed E-state index contributed by atoms with van der Waals surface area (Å²) in [5, 5.41) is 3.49. The first-order valence-electron chi connectivity index (χ1n) is 4.56. The Labute approximate surface area is 88.9 Å². The average molecular weight is 215 g/mol. The molecule has 1 aromatic heterocycles. The Balaban J connectivity index is 2.42. The van der Waals surface area contributed by atoms with Crippen LogP contribution in [-0.4, -0.2) is 22.6 Å². The van der Waals surface area contributed by atoms with E-state index in [1.54, 1.807) is 6.20 Å². The zero-order valence-corrected chi connectivity index (χ0v) is 9.12. The molecule has 0 aliphatic heterocycles. The summed E-state index contributed by atoms with van der Waals surface area (Å²) < 4.78 is 0. The maximum absolute atomic E-state index is 5.86. The van der Waals surface area contributed by atoms with Crippen molar-refractivity contribution < 1.29 is 0 Å². The van der Waals surface area contributed by atoms with Gasteiger partial charge in [0, 0.05) is 12.6 Å². The van der Waals surface area contributed by atoms with E-state index in [9.17, 15) is 0 Å². The van der Waals surface area contributed by atoms with Gasteiger partial charge in [-0.25, -0.2) is 9.97 Å². The van der Waals surface area contributed by atoms with Crippen LogP contribution in [0.5, 0.6) is 0 Å². The largest absolute Gasteiger partial charge is 0.367 e. The number of rotatable bonds is 4. The lowest BCUT2D eigenvalue weighted by Crippen LogP contribution is -2.34. The SMILES string of the molecule is CC(C)C(N)CNc1cnc(Cl)cn1. The van der Waals surface area contributed by atoms with Crippen LogP contribution in [0.2, 0.25) is 5.15 Å². The first kappa shape index (κ1) is 11.2. The molecule has 1 heterocycles. The van der Waals surface area contributed by atoms with Crippen molar-refractivity contribution in [3.63, 3.8) is 0 Å². The molecule has 1 rings (SSSR count). The maximum Gasteiger partial charge on any atom is 0.147 e. The molecule has 3 N–H and O–H groups in total. The van der Waals surface area contributed by atoms with E-state index in [0.29, 0.717) is 23.4 Å². The number of halogens is 1. The number of nitrogens with two attached hydrogens (primary N) is 1. The van der Waals surface area contributed by atoms with Gasteiger partial charge in [-0.05, 0) is 5.92 Å². The first-order valence-corrected chi connectivity index (χ1v) is 4.94. The van der Waals surface area contributed by atoms with E-state index in [0.717, 1.165) is 0 Å². The van der Waals surface area contributed by atoms with Crippen LogP contribution in [0, 0.1) is 5.92 Å². The highest BCUT2D eigenvalue weighted by Crippen LogP contribution is 2.06. The molecule has 1 aromatic rings. The maximum atomic E-state index is 5.86. The van der Waals surface area contributed by atoms with Crippen molar-refractivity contribution in [1.82, 2.24) is 9.97 Å². The summed E-state index contributed by atoms with van der Waals surface area (Å²) in [4.78, 5) is 7.95. The van der Waals surface area contributed by atoms with E-state index in [4.69, 9.17) is 17.3 Å². The highest BCUT2D eigenvalue weighted by molar-refractivity contribution is 6.29. The molecule has 0 aromatic carbocycles. The summed E-state index contributed by atoms with van der Waals surface area (Å²) in [7, 11) is 0. The fourth-order valence-electron chi connectivity index (χ4n) is 0.862. The van der Waals surface area contributed by atoms with Crippen LogP contribution in [0.15, 0.2) is 12.4 Å². The second-order valence-electron chi connectivity index (χ2n) is 3.51. The molecule has 4 nitrogen and oxygen atoms in total. The molecule has 1 atom stereocenters. The van der Waals surface area contributed by atoms with Gasteiger partial charge in [-0.2, -0.15) is 0 Å². The van der Waals surface area contributed by atoms with Crippen molar-refractivity contribution in [1.29, 1.82) is 0 Å². The number of hydrogen-bond donors (Lipinski definition) is 2. The van der Waals surface area contributed by atoms with Crippen LogP contribution in [0.1, 0.15) is 13.8 Å². The van der Waals surface area contributed by atoms with Gasteiger partial charge < -0.3 is 11.1 Å². The van der Waals surface area contributed by atoms with Crippen molar-refractivity contribution in [3.8, 4) is 0 Å². The molecule has 0 amide bonds. The smallest absolute Gasteiger partial charge is 0.147 e. The van der Waals surface area contributed by atoms with Gasteiger partial charge in [0.2, 0.25) is 0 Å². The van der Waals surface area contributed by atoms with Crippen LogP contribution in [-0.2, 0) is 0 Å². The van der Waals surface area contributed by atoms with Crippen molar-refractivity contribution in [3.05, 3.63) is 17.5 Å². The van der Waals surface area contributed by atoms with Gasteiger partial charge in [-0.15, -0.1) is 0 Å². The summed E-state index contributed by atoms with van der Waals surface area (Å²) in [5.41, 5.74) is 5.86. The van der Waals surface area contributed by atoms with Crippen molar-refractivity contribution in [2.24, 2.45) is 11.7 Å². The average Bonchev–Trinajstić information content (AvgIpc) is 2.16. The third kappa shape index (κ3) is 3.47. The number of anilines is 1. The topological polar surface area (TPSA) is 63.8 Å². The fraction of sp³-hybridized carbons (Fsp3) is 0.556. The number of nitrogens with zero attached hydrogens (tertiary/aromatic N) is 2. The van der Waals surface area contributed by atoms with Crippen molar-refractivity contribution >= 4 is 17.4 Å². The van der Waals surface area contributed by atoms with E-state index < -0.39 is 0 Å². The molecule has 0 saturated heterocycles. The van der Waals surface area contributed by atoms with Crippen LogP contribution in [0.3, 0.4) is 0 Å². The van der Waals surface area contributed by atoms with E-state index in [-0.39, 0.29) is 6.04 Å². The Morgan fingerprint density at radius 1 is 1.43 bits per heavy atom. The molecule has 5 heteroatoms. The van der Waals surface area contributed by atoms with Crippen LogP contribution < -0.4 is 11.1 Å². The number of nitrogens with one attached hydrogen (secondary N) is 1. The van der Waals surface area contributed by atoms with Gasteiger partial charge in [-0.3, -0.25) is 0 Å². The molecule has 0 aliphatic rings. The van der Waals surface area contributed by atoms with Crippen LogP contribution >= 0.6 is 11.6 Å². The summed E-state index contributed by atoms with van der Waals surface area (Å²) in [6.07, 6.45) is 3.10. The second kappa shape index (κ2) is 5.12. The Kier molecular flexibility index (Phi) is 4.10. The number of aromatic nitrogens is 2. The van der Waals surface area contributed by atoms with Gasteiger partial charge in [0.05, 0.1) is 12.4 Å². The third-order valence-corrected chi connectivity index (χ3v) is 2.19. The van der Waals surface area contributed by atoms with E-state index in [1.807, 2.05) is 0 Å². The lowest BCUT2D eigenvalue weighted by atomic mass is 10.1. The van der Waals surface area contributed by atoms with Crippen LogP contribution in [0.4, 0.5) is 5.82 Å². The van der Waals surface area contributed by atoms with Crippen LogP contribution in [0.25, 0.3) is 0 Å². The summed E-state index contributed by atoms with van der Waals surface area (Å²) >= 11 is 5.60. The predicted octanol–water partition coefficient (Wildman–Crippen LogP) is 1.53. The van der Waals surface area contributed by atoms with E-state index in [1.165, 1.54) is 6.20 Å². The first-order chi connectivity index (χ1) is 6.59. The fourth-order valence-corrected chi connectivity index (χ4v) is 0.959. The quantitative estimate of drug-likeness (QED) is 0.798. The molecule has 0 aliphatic carbocycles. The van der Waals surface area contributed by atoms with Gasteiger partial charge in [-0.1, -0.05) is 25.4 Å². The normalized spacial score (nSPS) is 12.9. The van der Waals surface area contributed by atoms with Crippen molar-refractivity contribution in [2.75, 3.05) is 11.9 Å². The Morgan fingerprint density at radius 3 is 2.64 bits per heavy atom. The molecule has 14 heavy (non-hydrogen) atoms. The molecule has 1 unspecified atom stereocenters. The molecule has 0 fully saturated rings. The number of hydrogen-bond acceptors (Lipinski definition) is 4. The van der Waals surface area contributed by atoms with E-state index in [2.05, 4.69) is 29.1 Å². The van der Waals surface area contributed by atoms with E-state index >= 15 is 0 Å². The minimum Gasteiger partial charge on any atom is -0.367 e. The van der Waals surface area contributed by atoms with Gasteiger partial charge in [0.15, 0.2) is 0 Å². The molecule has 0 spiro atoms. The molecule has 0 saturated carbocycles. The summed E-state index contributed by atoms with van der Waals surface area (Å²) in [6.45, 7) is 4.85. The highest BCUT2D eigenvalue weighted by Gasteiger charge is 2.06. The zero-order chi connectivity index (χ0) is 10.6. The highest BCUT2D eigenvalue weighted by atomic mass is 35.5. The standard InChI is InChI=1S/C9H15ClN4/c1-6(2)7(11)3-13-9-5-12-8(10)4-14-9/h4-7H,3,11H2,1-2H3,(H,13,14). The van der Waals surface area contributed by atoms with Gasteiger partial charge >= 0.3 is 0 Å². The third-order valence-electron chi connectivity index (χ3n) is 2.00. The lowest BCUT2D eigenvalue weighted by molar-refractivity contribution is 0.511. The summed E-state index contributed by atoms with van der Waals surface area (Å²) in [5.74, 6) is 1.15. The monoisotopic (exact) mass is 214 g/mol. The Morgan fingerprint density at radius 2 is 2.14 bits per heavy atom. The van der Waals surface area contributed by atoms with Gasteiger partial charge in [0.1, 0.15) is 11.0 Å². The molecule has 0 radical (unpaired) electrons. The zero-order valence-electron chi connectivity index (χ0n) is 8.37. The summed E-state index contributed by atoms with van der Waals surface area (Å²) in [6, 6.07) is 0.118. The predicted molar refractivity (Wildman–Crippen MR) is 58.3 cm³/mol. The molecular formula is C9H15ClN4. The molecule has 78 valence electrons.